The van der Waals surface area contributed by atoms with Crippen LogP contribution in [-0.4, -0.2) is 5.11 Å². The number of aliphatic hydroxyl groups is 1. The second-order valence-electron chi connectivity index (χ2n) is 6.81. The number of hydrogen-bond donors (Lipinski definition) is 1. The van der Waals surface area contributed by atoms with Gasteiger partial charge in [-0.15, -0.1) is 0 Å². The first-order chi connectivity index (χ1) is 10.2. The van der Waals surface area contributed by atoms with Gasteiger partial charge in [0.25, 0.3) is 0 Å². The lowest BCUT2D eigenvalue weighted by atomic mass is 9.71. The summed E-state index contributed by atoms with van der Waals surface area (Å²) in [4.78, 5) is 0. The summed E-state index contributed by atoms with van der Waals surface area (Å²) in [6.07, 6.45) is 3.11. The maximum Gasteiger partial charge on any atom is 0.0933 e. The Kier molecular flexibility index (Phi) is 2.93. The molecule has 0 saturated heterocycles. The molecule has 1 N–H and O–H groups in total. The molecule has 1 heteroatoms. The number of benzene rings is 2. The zero-order valence-electron chi connectivity index (χ0n) is 12.5. The van der Waals surface area contributed by atoms with E-state index in [1.165, 1.54) is 16.7 Å². The molecule has 0 spiro atoms. The molecular formula is C20H22O. The average molecular weight is 278 g/mol. The molecule has 2 aromatic carbocycles. The van der Waals surface area contributed by atoms with Gasteiger partial charge < -0.3 is 5.11 Å². The van der Waals surface area contributed by atoms with E-state index in [9.17, 15) is 5.11 Å². The van der Waals surface area contributed by atoms with Gasteiger partial charge in [0.05, 0.1) is 5.60 Å². The Hall–Kier alpha value is -1.60. The number of rotatable bonds is 2. The lowest BCUT2D eigenvalue weighted by Gasteiger charge is -2.38. The lowest BCUT2D eigenvalue weighted by Crippen LogP contribution is -2.34. The summed E-state index contributed by atoms with van der Waals surface area (Å²) < 4.78 is 0. The Morgan fingerprint density at radius 1 is 1.00 bits per heavy atom. The van der Waals surface area contributed by atoms with Crippen molar-refractivity contribution in [1.82, 2.24) is 0 Å². The molecule has 0 amide bonds. The molecule has 0 heterocycles. The van der Waals surface area contributed by atoms with Crippen LogP contribution in [0.5, 0.6) is 0 Å². The minimum atomic E-state index is -0.621. The fourth-order valence-electron chi connectivity index (χ4n) is 4.22. The van der Waals surface area contributed by atoms with Crippen molar-refractivity contribution in [2.45, 2.75) is 43.6 Å². The molecule has 1 saturated carbocycles. The van der Waals surface area contributed by atoms with E-state index in [0.29, 0.717) is 17.8 Å². The molecule has 1 fully saturated rings. The Labute approximate surface area is 126 Å². The van der Waals surface area contributed by atoms with E-state index in [1.807, 2.05) is 0 Å². The van der Waals surface area contributed by atoms with Crippen LogP contribution in [-0.2, 0) is 5.60 Å². The maximum atomic E-state index is 11.4. The van der Waals surface area contributed by atoms with Gasteiger partial charge >= 0.3 is 0 Å². The smallest absolute Gasteiger partial charge is 0.0933 e. The van der Waals surface area contributed by atoms with Gasteiger partial charge in [0.2, 0.25) is 0 Å². The normalized spacial score (nSPS) is 34.3. The molecule has 2 aromatic rings. The molecule has 0 bridgehead atoms. The quantitative estimate of drug-likeness (QED) is 0.852. The third-order valence-electron chi connectivity index (χ3n) is 5.55. The Morgan fingerprint density at radius 3 is 2.52 bits per heavy atom. The van der Waals surface area contributed by atoms with Gasteiger partial charge in [-0.1, -0.05) is 61.5 Å². The number of fused-ring (bicyclic) bond motifs is 1. The Bertz CT molecular complexity index is 648. The molecule has 4 atom stereocenters. The molecular weight excluding hydrogens is 256 g/mol. The van der Waals surface area contributed by atoms with Gasteiger partial charge in [0.1, 0.15) is 0 Å². The monoisotopic (exact) mass is 278 g/mol. The van der Waals surface area contributed by atoms with Crippen LogP contribution in [0.1, 0.15) is 54.7 Å². The van der Waals surface area contributed by atoms with Crippen LogP contribution >= 0.6 is 0 Å². The fraction of sp³-hybridized carbons (Fsp3) is 0.400. The first kappa shape index (κ1) is 13.1. The highest BCUT2D eigenvalue weighted by Crippen LogP contribution is 2.60. The Balaban J connectivity index is 1.69. The van der Waals surface area contributed by atoms with Crippen molar-refractivity contribution < 1.29 is 5.11 Å². The van der Waals surface area contributed by atoms with E-state index >= 15 is 0 Å². The summed E-state index contributed by atoms with van der Waals surface area (Å²) >= 11 is 0. The minimum Gasteiger partial charge on any atom is -0.385 e. The molecule has 2 aliphatic rings. The van der Waals surface area contributed by atoms with Crippen molar-refractivity contribution in [3.05, 3.63) is 71.3 Å². The predicted octanol–water partition coefficient (Wildman–Crippen LogP) is 4.58. The summed E-state index contributed by atoms with van der Waals surface area (Å²) in [5.41, 5.74) is 3.30. The van der Waals surface area contributed by atoms with Gasteiger partial charge in [-0.3, -0.25) is 0 Å². The van der Waals surface area contributed by atoms with E-state index in [2.05, 4.69) is 61.5 Å². The highest BCUT2D eigenvalue weighted by Gasteiger charge is 2.54. The summed E-state index contributed by atoms with van der Waals surface area (Å²) in [7, 11) is 0. The highest BCUT2D eigenvalue weighted by molar-refractivity contribution is 5.41. The zero-order chi connectivity index (χ0) is 14.4. The topological polar surface area (TPSA) is 20.2 Å². The van der Waals surface area contributed by atoms with Crippen LogP contribution in [0.4, 0.5) is 0 Å². The molecule has 0 aliphatic heterocycles. The molecule has 21 heavy (non-hydrogen) atoms. The van der Waals surface area contributed by atoms with Crippen molar-refractivity contribution in [3.63, 3.8) is 0 Å². The highest BCUT2D eigenvalue weighted by atomic mass is 16.3. The first-order valence-electron chi connectivity index (χ1n) is 8.07. The molecule has 108 valence electrons. The van der Waals surface area contributed by atoms with E-state index in [1.54, 1.807) is 0 Å². The van der Waals surface area contributed by atoms with Crippen molar-refractivity contribution in [1.29, 1.82) is 0 Å². The van der Waals surface area contributed by atoms with E-state index in [0.717, 1.165) is 19.3 Å². The van der Waals surface area contributed by atoms with Crippen LogP contribution in [0.2, 0.25) is 0 Å². The fourth-order valence-corrected chi connectivity index (χ4v) is 4.22. The zero-order valence-corrected chi connectivity index (χ0v) is 12.5. The maximum absolute atomic E-state index is 11.4. The molecule has 2 aliphatic carbocycles. The van der Waals surface area contributed by atoms with Crippen LogP contribution in [0, 0.1) is 5.92 Å². The van der Waals surface area contributed by atoms with Gasteiger partial charge in [-0.2, -0.15) is 0 Å². The van der Waals surface area contributed by atoms with Crippen LogP contribution < -0.4 is 0 Å². The predicted molar refractivity (Wildman–Crippen MR) is 85.3 cm³/mol. The molecule has 4 rings (SSSR count). The summed E-state index contributed by atoms with van der Waals surface area (Å²) in [6.45, 7) is 2.28. The second kappa shape index (κ2) is 4.71. The standard InChI is InChI=1S/C20H22O/c1-14-11-12-20(21,18-10-6-5-9-16(14)18)19-13-17(19)15-7-3-2-4-8-15/h2-10,14,17,19,21H,11-13H2,1H3. The second-order valence-corrected chi connectivity index (χ2v) is 6.81. The third kappa shape index (κ3) is 2.03. The summed E-state index contributed by atoms with van der Waals surface area (Å²) in [5.74, 6) is 1.47. The van der Waals surface area contributed by atoms with Gasteiger partial charge in [-0.05, 0) is 53.7 Å². The molecule has 0 aromatic heterocycles. The molecule has 4 unspecified atom stereocenters. The average Bonchev–Trinajstić information content (AvgIpc) is 3.34. The van der Waals surface area contributed by atoms with Crippen molar-refractivity contribution in [2.75, 3.05) is 0 Å². The van der Waals surface area contributed by atoms with Crippen molar-refractivity contribution in [2.24, 2.45) is 5.92 Å². The van der Waals surface area contributed by atoms with Gasteiger partial charge in [0, 0.05) is 0 Å². The minimum absolute atomic E-state index is 0.383. The van der Waals surface area contributed by atoms with Crippen LogP contribution in [0.15, 0.2) is 54.6 Å². The van der Waals surface area contributed by atoms with Gasteiger partial charge in [0.15, 0.2) is 0 Å². The number of hydrogen-bond acceptors (Lipinski definition) is 1. The van der Waals surface area contributed by atoms with Crippen molar-refractivity contribution in [3.8, 4) is 0 Å². The van der Waals surface area contributed by atoms with E-state index in [4.69, 9.17) is 0 Å². The molecule has 0 radical (unpaired) electrons. The van der Waals surface area contributed by atoms with Crippen LogP contribution in [0.3, 0.4) is 0 Å². The van der Waals surface area contributed by atoms with Gasteiger partial charge in [-0.25, -0.2) is 0 Å². The first-order valence-corrected chi connectivity index (χ1v) is 8.07. The Morgan fingerprint density at radius 2 is 1.71 bits per heavy atom. The van der Waals surface area contributed by atoms with E-state index < -0.39 is 5.60 Å². The van der Waals surface area contributed by atoms with E-state index in [-0.39, 0.29) is 0 Å². The SMILES string of the molecule is CC1CCC(O)(C2CC2c2ccccc2)c2ccccc21. The summed E-state index contributed by atoms with van der Waals surface area (Å²) in [6, 6.07) is 19.2. The van der Waals surface area contributed by atoms with Crippen molar-refractivity contribution >= 4 is 0 Å². The third-order valence-corrected chi connectivity index (χ3v) is 5.55. The summed E-state index contributed by atoms with van der Waals surface area (Å²) in [5, 5.41) is 11.4. The lowest BCUT2D eigenvalue weighted by molar-refractivity contribution is -0.00881. The molecule has 1 nitrogen and oxygen atoms in total. The largest absolute Gasteiger partial charge is 0.385 e. The van der Waals surface area contributed by atoms with Crippen LogP contribution in [0.25, 0.3) is 0 Å².